The SMILES string of the molecule is Cc1ccc(C(F)(F)F)c(CN2CCC3(CCN(C(=O)Oc4cncc(C(N)=O)c4)CC3)C2)c1. The average Bonchev–Trinajstić information content (AvgIpc) is 3.15. The van der Waals surface area contributed by atoms with E-state index >= 15 is 0 Å². The molecule has 2 aliphatic heterocycles. The number of benzene rings is 1. The summed E-state index contributed by atoms with van der Waals surface area (Å²) < 4.78 is 45.7. The second-order valence-corrected chi connectivity index (χ2v) is 9.25. The molecule has 0 bridgehead atoms. The van der Waals surface area contributed by atoms with Gasteiger partial charge in [0.1, 0.15) is 0 Å². The highest BCUT2D eigenvalue weighted by atomic mass is 19.4. The molecule has 182 valence electrons. The number of nitrogens with zero attached hydrogens (tertiary/aromatic N) is 3. The third-order valence-electron chi connectivity index (χ3n) is 6.76. The van der Waals surface area contributed by atoms with E-state index in [1.165, 1.54) is 24.5 Å². The Labute approximate surface area is 195 Å². The van der Waals surface area contributed by atoms with Crippen molar-refractivity contribution in [1.29, 1.82) is 0 Å². The van der Waals surface area contributed by atoms with Gasteiger partial charge in [0.15, 0.2) is 5.75 Å². The predicted octanol–water partition coefficient (Wildman–Crippen LogP) is 3.99. The van der Waals surface area contributed by atoms with E-state index in [9.17, 15) is 22.8 Å². The van der Waals surface area contributed by atoms with E-state index in [1.807, 2.05) is 0 Å². The van der Waals surface area contributed by atoms with E-state index in [2.05, 4.69) is 9.88 Å². The topological polar surface area (TPSA) is 88.8 Å². The molecule has 2 N–H and O–H groups in total. The van der Waals surface area contributed by atoms with Gasteiger partial charge in [-0.2, -0.15) is 13.2 Å². The molecule has 1 aromatic heterocycles. The van der Waals surface area contributed by atoms with Crippen LogP contribution in [0.4, 0.5) is 18.0 Å². The van der Waals surface area contributed by atoms with Gasteiger partial charge in [-0.1, -0.05) is 17.7 Å². The number of ether oxygens (including phenoxy) is 1. The number of alkyl halides is 3. The summed E-state index contributed by atoms with van der Waals surface area (Å²) in [7, 11) is 0. The molecule has 2 aromatic rings. The molecule has 0 saturated carbocycles. The van der Waals surface area contributed by atoms with Crippen LogP contribution in [0.25, 0.3) is 0 Å². The van der Waals surface area contributed by atoms with E-state index in [0.29, 0.717) is 25.2 Å². The van der Waals surface area contributed by atoms with Crippen molar-refractivity contribution in [3.05, 3.63) is 58.9 Å². The van der Waals surface area contributed by atoms with Crippen LogP contribution in [0.1, 0.15) is 46.3 Å². The molecule has 4 rings (SSSR count). The van der Waals surface area contributed by atoms with E-state index in [1.54, 1.807) is 17.9 Å². The van der Waals surface area contributed by atoms with Gasteiger partial charge in [-0.25, -0.2) is 4.79 Å². The van der Waals surface area contributed by atoms with Crippen LogP contribution in [0.5, 0.6) is 5.75 Å². The van der Waals surface area contributed by atoms with Gasteiger partial charge in [0.2, 0.25) is 5.91 Å². The van der Waals surface area contributed by atoms with Crippen molar-refractivity contribution in [2.24, 2.45) is 11.1 Å². The smallest absolute Gasteiger partial charge is 0.409 e. The number of rotatable bonds is 4. The molecule has 0 radical (unpaired) electrons. The van der Waals surface area contributed by atoms with Crippen molar-refractivity contribution in [2.75, 3.05) is 26.2 Å². The summed E-state index contributed by atoms with van der Waals surface area (Å²) in [5.41, 5.74) is 5.89. The van der Waals surface area contributed by atoms with Crippen LogP contribution in [0.2, 0.25) is 0 Å². The van der Waals surface area contributed by atoms with Gasteiger partial charge in [0.25, 0.3) is 0 Å². The van der Waals surface area contributed by atoms with Crippen LogP contribution in [0, 0.1) is 12.3 Å². The van der Waals surface area contributed by atoms with Crippen molar-refractivity contribution < 1.29 is 27.5 Å². The van der Waals surface area contributed by atoms with Gasteiger partial charge in [-0.15, -0.1) is 0 Å². The normalized spacial score (nSPS) is 18.3. The van der Waals surface area contributed by atoms with Crippen LogP contribution in [0.15, 0.2) is 36.7 Å². The van der Waals surface area contributed by atoms with Crippen molar-refractivity contribution in [1.82, 2.24) is 14.8 Å². The number of primary amides is 1. The first-order valence-corrected chi connectivity index (χ1v) is 11.2. The number of nitrogens with two attached hydrogens (primary N) is 1. The lowest BCUT2D eigenvalue weighted by molar-refractivity contribution is -0.138. The maximum atomic E-state index is 13.4. The molecule has 0 atom stereocenters. The summed E-state index contributed by atoms with van der Waals surface area (Å²) in [4.78, 5) is 31.4. The molecule has 10 heteroatoms. The average molecular weight is 476 g/mol. The summed E-state index contributed by atoms with van der Waals surface area (Å²) in [6.45, 7) is 4.46. The fraction of sp³-hybridized carbons (Fsp3) is 0.458. The van der Waals surface area contributed by atoms with Gasteiger partial charge in [0.05, 0.1) is 17.3 Å². The molecule has 2 fully saturated rings. The Hall–Kier alpha value is -3.14. The number of amides is 2. The minimum atomic E-state index is -4.38. The zero-order valence-electron chi connectivity index (χ0n) is 18.9. The zero-order valence-corrected chi connectivity index (χ0v) is 18.9. The second kappa shape index (κ2) is 9.25. The lowest BCUT2D eigenvalue weighted by Crippen LogP contribution is -2.45. The molecule has 1 spiro atoms. The fourth-order valence-electron chi connectivity index (χ4n) is 4.88. The third-order valence-corrected chi connectivity index (χ3v) is 6.76. The molecule has 0 aliphatic carbocycles. The highest BCUT2D eigenvalue weighted by Crippen LogP contribution is 2.42. The van der Waals surface area contributed by atoms with Crippen LogP contribution in [-0.2, 0) is 12.7 Å². The van der Waals surface area contributed by atoms with Gasteiger partial charge >= 0.3 is 12.3 Å². The van der Waals surface area contributed by atoms with Gasteiger partial charge in [-0.05, 0) is 55.8 Å². The number of hydrogen-bond donors (Lipinski definition) is 1. The summed E-state index contributed by atoms with van der Waals surface area (Å²) in [5.74, 6) is -0.517. The first kappa shape index (κ1) is 24.0. The van der Waals surface area contributed by atoms with Crippen LogP contribution in [0.3, 0.4) is 0 Å². The highest BCUT2D eigenvalue weighted by molar-refractivity contribution is 5.92. The highest BCUT2D eigenvalue weighted by Gasteiger charge is 2.42. The number of aromatic nitrogens is 1. The Morgan fingerprint density at radius 1 is 1.12 bits per heavy atom. The fourth-order valence-corrected chi connectivity index (χ4v) is 4.88. The van der Waals surface area contributed by atoms with Gasteiger partial charge in [0, 0.05) is 32.4 Å². The van der Waals surface area contributed by atoms with Crippen molar-refractivity contribution in [3.63, 3.8) is 0 Å². The number of piperidine rings is 1. The Morgan fingerprint density at radius 2 is 1.82 bits per heavy atom. The lowest BCUT2D eigenvalue weighted by Gasteiger charge is -2.38. The summed E-state index contributed by atoms with van der Waals surface area (Å²) in [6, 6.07) is 5.64. The minimum Gasteiger partial charge on any atom is -0.409 e. The van der Waals surface area contributed by atoms with Gasteiger partial charge in [-0.3, -0.25) is 14.7 Å². The Balaban J connectivity index is 1.34. The number of aryl methyl sites for hydroxylation is 1. The number of pyridine rings is 1. The maximum Gasteiger partial charge on any atom is 0.416 e. The molecule has 2 saturated heterocycles. The molecular weight excluding hydrogens is 449 g/mol. The number of carbonyl (C=O) groups excluding carboxylic acids is 2. The van der Waals surface area contributed by atoms with E-state index in [4.69, 9.17) is 10.5 Å². The molecule has 2 aliphatic rings. The van der Waals surface area contributed by atoms with E-state index in [-0.39, 0.29) is 23.3 Å². The maximum absolute atomic E-state index is 13.4. The number of likely N-dealkylation sites (tertiary alicyclic amines) is 2. The number of carbonyl (C=O) groups is 2. The number of hydrogen-bond acceptors (Lipinski definition) is 5. The summed E-state index contributed by atoms with van der Waals surface area (Å²) >= 11 is 0. The molecule has 3 heterocycles. The summed E-state index contributed by atoms with van der Waals surface area (Å²) in [5, 5.41) is 0. The molecule has 2 amide bonds. The Bertz CT molecular complexity index is 1080. The molecule has 34 heavy (non-hydrogen) atoms. The van der Waals surface area contributed by atoms with Crippen LogP contribution < -0.4 is 10.5 Å². The third kappa shape index (κ3) is 5.32. The number of halogens is 3. The first-order valence-electron chi connectivity index (χ1n) is 11.2. The largest absolute Gasteiger partial charge is 0.416 e. The van der Waals surface area contributed by atoms with Gasteiger partial charge < -0.3 is 15.4 Å². The summed E-state index contributed by atoms with van der Waals surface area (Å²) in [6.07, 6.45) is 0.112. The van der Waals surface area contributed by atoms with Crippen molar-refractivity contribution in [2.45, 2.75) is 38.9 Å². The predicted molar refractivity (Wildman–Crippen MR) is 118 cm³/mol. The Morgan fingerprint density at radius 3 is 2.50 bits per heavy atom. The van der Waals surface area contributed by atoms with Crippen molar-refractivity contribution >= 4 is 12.0 Å². The molecule has 7 nitrogen and oxygen atoms in total. The zero-order chi connectivity index (χ0) is 24.5. The molecule has 0 unspecified atom stereocenters. The molecular formula is C24H27F3N4O3. The van der Waals surface area contributed by atoms with E-state index < -0.39 is 23.7 Å². The van der Waals surface area contributed by atoms with E-state index in [0.717, 1.165) is 37.4 Å². The van der Waals surface area contributed by atoms with Crippen LogP contribution >= 0.6 is 0 Å². The molecule has 1 aromatic carbocycles. The first-order chi connectivity index (χ1) is 16.0. The minimum absolute atomic E-state index is 0.0214. The monoisotopic (exact) mass is 476 g/mol. The quantitative estimate of drug-likeness (QED) is 0.721. The van der Waals surface area contributed by atoms with Crippen molar-refractivity contribution in [3.8, 4) is 5.75 Å². The van der Waals surface area contributed by atoms with Crippen LogP contribution in [-0.4, -0.2) is 53.0 Å². The lowest BCUT2D eigenvalue weighted by atomic mass is 9.78. The standard InChI is InChI=1S/C24H27F3N4O3/c1-16-2-3-20(24(25,26)27)18(10-16)14-30-7-4-23(15-30)5-8-31(9-6-23)22(33)34-19-11-17(21(28)32)12-29-13-19/h2-3,10-13H,4-9,14-15H2,1H3,(H2,28,32). The second-order valence-electron chi connectivity index (χ2n) is 9.25. The Kier molecular flexibility index (Phi) is 6.53.